The zero-order valence-electron chi connectivity index (χ0n) is 9.93. The number of nitrogens with zero attached hydrogens (tertiary/aromatic N) is 3. The van der Waals surface area contributed by atoms with Crippen molar-refractivity contribution >= 4 is 11.3 Å². The molecule has 0 bridgehead atoms. The highest BCUT2D eigenvalue weighted by atomic mass is 32.1. The predicted octanol–water partition coefficient (Wildman–Crippen LogP) is 2.79. The van der Waals surface area contributed by atoms with Crippen LogP contribution in [0.5, 0.6) is 0 Å². The van der Waals surface area contributed by atoms with Crippen LogP contribution in [-0.2, 0) is 13.1 Å². The molecule has 2 aromatic rings. The molecular formula is C13H12FN3S. The SMILES string of the molecule is CN(Cc1cc(F)cc(C#N)c1)Cc1cscn1. The van der Waals surface area contributed by atoms with Gasteiger partial charge in [-0.15, -0.1) is 11.3 Å². The summed E-state index contributed by atoms with van der Waals surface area (Å²) in [6, 6.07) is 6.36. The Balaban J connectivity index is 2.05. The maximum Gasteiger partial charge on any atom is 0.124 e. The van der Waals surface area contributed by atoms with Crippen LogP contribution in [0, 0.1) is 17.1 Å². The zero-order valence-corrected chi connectivity index (χ0v) is 10.7. The maximum absolute atomic E-state index is 13.3. The van der Waals surface area contributed by atoms with E-state index in [1.807, 2.05) is 23.4 Å². The Morgan fingerprint density at radius 2 is 2.22 bits per heavy atom. The van der Waals surface area contributed by atoms with Gasteiger partial charge in [0.2, 0.25) is 0 Å². The van der Waals surface area contributed by atoms with Crippen LogP contribution in [-0.4, -0.2) is 16.9 Å². The van der Waals surface area contributed by atoms with E-state index in [1.165, 1.54) is 12.1 Å². The van der Waals surface area contributed by atoms with Crippen molar-refractivity contribution in [1.82, 2.24) is 9.88 Å². The van der Waals surface area contributed by atoms with E-state index in [9.17, 15) is 4.39 Å². The number of halogens is 1. The predicted molar refractivity (Wildman–Crippen MR) is 68.4 cm³/mol. The molecule has 0 unspecified atom stereocenters. The van der Waals surface area contributed by atoms with Gasteiger partial charge in [-0.1, -0.05) is 0 Å². The first-order valence-electron chi connectivity index (χ1n) is 5.42. The van der Waals surface area contributed by atoms with Crippen LogP contribution in [0.4, 0.5) is 4.39 Å². The molecule has 1 aromatic heterocycles. The van der Waals surface area contributed by atoms with Gasteiger partial charge in [-0.2, -0.15) is 5.26 Å². The highest BCUT2D eigenvalue weighted by molar-refractivity contribution is 7.07. The van der Waals surface area contributed by atoms with Gasteiger partial charge >= 0.3 is 0 Å². The van der Waals surface area contributed by atoms with Crippen molar-refractivity contribution in [2.45, 2.75) is 13.1 Å². The van der Waals surface area contributed by atoms with Crippen molar-refractivity contribution in [2.75, 3.05) is 7.05 Å². The molecule has 0 amide bonds. The number of nitriles is 1. The number of hydrogen-bond acceptors (Lipinski definition) is 4. The zero-order chi connectivity index (χ0) is 13.0. The van der Waals surface area contributed by atoms with E-state index in [-0.39, 0.29) is 5.82 Å². The van der Waals surface area contributed by atoms with Crippen LogP contribution < -0.4 is 0 Å². The first-order valence-corrected chi connectivity index (χ1v) is 6.37. The quantitative estimate of drug-likeness (QED) is 0.849. The fourth-order valence-electron chi connectivity index (χ4n) is 1.77. The van der Waals surface area contributed by atoms with Gasteiger partial charge < -0.3 is 0 Å². The molecular weight excluding hydrogens is 249 g/mol. The molecule has 0 saturated carbocycles. The van der Waals surface area contributed by atoms with E-state index in [2.05, 4.69) is 4.98 Å². The molecule has 0 aliphatic carbocycles. The second kappa shape index (κ2) is 5.71. The van der Waals surface area contributed by atoms with Crippen molar-refractivity contribution in [1.29, 1.82) is 5.26 Å². The van der Waals surface area contributed by atoms with E-state index < -0.39 is 0 Å². The minimum Gasteiger partial charge on any atom is -0.296 e. The summed E-state index contributed by atoms with van der Waals surface area (Å²) >= 11 is 1.56. The average Bonchev–Trinajstić information content (AvgIpc) is 2.80. The summed E-state index contributed by atoms with van der Waals surface area (Å²) in [5.41, 5.74) is 3.94. The first kappa shape index (κ1) is 12.7. The maximum atomic E-state index is 13.3. The standard InChI is InChI=1S/C13H12FN3S/c1-17(7-13-8-18-9-16-13)6-11-2-10(5-15)3-12(14)4-11/h2-4,8-9H,6-7H2,1H3. The van der Waals surface area contributed by atoms with E-state index in [1.54, 1.807) is 22.9 Å². The van der Waals surface area contributed by atoms with Crippen molar-refractivity contribution in [2.24, 2.45) is 0 Å². The lowest BCUT2D eigenvalue weighted by molar-refractivity contribution is 0.315. The van der Waals surface area contributed by atoms with E-state index in [0.717, 1.165) is 11.3 Å². The van der Waals surface area contributed by atoms with Gasteiger partial charge in [0.15, 0.2) is 0 Å². The number of thiazole rings is 1. The molecule has 0 aliphatic heterocycles. The molecule has 0 saturated heterocycles. The Kier molecular flexibility index (Phi) is 4.03. The van der Waals surface area contributed by atoms with E-state index >= 15 is 0 Å². The van der Waals surface area contributed by atoms with E-state index in [4.69, 9.17) is 5.26 Å². The molecule has 92 valence electrons. The number of aromatic nitrogens is 1. The lowest BCUT2D eigenvalue weighted by Crippen LogP contribution is -2.17. The fraction of sp³-hybridized carbons (Fsp3) is 0.231. The second-order valence-electron chi connectivity index (χ2n) is 4.11. The summed E-state index contributed by atoms with van der Waals surface area (Å²) in [5.74, 6) is -0.369. The number of rotatable bonds is 4. The summed E-state index contributed by atoms with van der Waals surface area (Å²) in [6.07, 6.45) is 0. The molecule has 0 atom stereocenters. The van der Waals surface area contributed by atoms with E-state index in [0.29, 0.717) is 18.7 Å². The third-order valence-corrected chi connectivity index (χ3v) is 3.09. The molecule has 0 fully saturated rings. The monoisotopic (exact) mass is 261 g/mol. The summed E-state index contributed by atoms with van der Waals surface area (Å²) in [6.45, 7) is 1.30. The van der Waals surface area contributed by atoms with Gasteiger partial charge in [0, 0.05) is 18.5 Å². The fourth-order valence-corrected chi connectivity index (χ4v) is 2.32. The lowest BCUT2D eigenvalue weighted by atomic mass is 10.1. The van der Waals surface area contributed by atoms with Crippen molar-refractivity contribution in [3.05, 3.63) is 51.7 Å². The number of benzene rings is 1. The van der Waals surface area contributed by atoms with Crippen LogP contribution in [0.1, 0.15) is 16.8 Å². The molecule has 5 heteroatoms. The van der Waals surface area contributed by atoms with Crippen LogP contribution >= 0.6 is 11.3 Å². The summed E-state index contributed by atoms with van der Waals surface area (Å²) in [7, 11) is 1.94. The third kappa shape index (κ3) is 3.36. The van der Waals surface area contributed by atoms with Gasteiger partial charge in [0.05, 0.1) is 22.8 Å². The van der Waals surface area contributed by atoms with Crippen LogP contribution in [0.15, 0.2) is 29.1 Å². The van der Waals surface area contributed by atoms with Crippen molar-refractivity contribution in [3.8, 4) is 6.07 Å². The Labute approximate surface area is 109 Å². The minimum absolute atomic E-state index is 0.354. The summed E-state index contributed by atoms with van der Waals surface area (Å²) in [5, 5.41) is 10.8. The summed E-state index contributed by atoms with van der Waals surface area (Å²) < 4.78 is 13.3. The molecule has 0 N–H and O–H groups in total. The molecule has 18 heavy (non-hydrogen) atoms. The third-order valence-electron chi connectivity index (χ3n) is 2.45. The Morgan fingerprint density at radius 1 is 1.39 bits per heavy atom. The Morgan fingerprint density at radius 3 is 2.89 bits per heavy atom. The Bertz CT molecular complexity index is 560. The minimum atomic E-state index is -0.369. The molecule has 0 aliphatic rings. The molecule has 0 radical (unpaired) electrons. The summed E-state index contributed by atoms with van der Waals surface area (Å²) in [4.78, 5) is 6.23. The molecule has 0 spiro atoms. The lowest BCUT2D eigenvalue weighted by Gasteiger charge is -2.15. The number of hydrogen-bond donors (Lipinski definition) is 0. The first-order chi connectivity index (χ1) is 8.67. The average molecular weight is 261 g/mol. The van der Waals surface area contributed by atoms with Gasteiger partial charge in [0.1, 0.15) is 5.82 Å². The molecule has 1 heterocycles. The highest BCUT2D eigenvalue weighted by Crippen LogP contribution is 2.12. The van der Waals surface area contributed by atoms with Crippen LogP contribution in [0.3, 0.4) is 0 Å². The van der Waals surface area contributed by atoms with Gasteiger partial charge in [-0.05, 0) is 30.8 Å². The second-order valence-corrected chi connectivity index (χ2v) is 4.83. The largest absolute Gasteiger partial charge is 0.296 e. The van der Waals surface area contributed by atoms with Crippen LogP contribution in [0.2, 0.25) is 0 Å². The highest BCUT2D eigenvalue weighted by Gasteiger charge is 2.06. The smallest absolute Gasteiger partial charge is 0.124 e. The van der Waals surface area contributed by atoms with Gasteiger partial charge in [-0.25, -0.2) is 9.37 Å². The molecule has 3 nitrogen and oxygen atoms in total. The Hall–Kier alpha value is -1.77. The normalized spacial score (nSPS) is 10.6. The van der Waals surface area contributed by atoms with Crippen LogP contribution in [0.25, 0.3) is 0 Å². The molecule has 2 rings (SSSR count). The van der Waals surface area contributed by atoms with Crippen molar-refractivity contribution < 1.29 is 4.39 Å². The topological polar surface area (TPSA) is 39.9 Å². The van der Waals surface area contributed by atoms with Crippen molar-refractivity contribution in [3.63, 3.8) is 0 Å². The van der Waals surface area contributed by atoms with Gasteiger partial charge in [-0.3, -0.25) is 4.90 Å². The van der Waals surface area contributed by atoms with Gasteiger partial charge in [0.25, 0.3) is 0 Å². The molecule has 1 aromatic carbocycles.